The van der Waals surface area contributed by atoms with Crippen molar-refractivity contribution in [2.24, 2.45) is 7.05 Å². The van der Waals surface area contributed by atoms with Crippen LogP contribution in [0.5, 0.6) is 5.75 Å². The number of para-hydroxylation sites is 1. The third kappa shape index (κ3) is 3.73. The van der Waals surface area contributed by atoms with Crippen molar-refractivity contribution in [3.8, 4) is 17.1 Å². The lowest BCUT2D eigenvalue weighted by molar-refractivity contribution is -0.390. The van der Waals surface area contributed by atoms with Gasteiger partial charge in [0, 0.05) is 32.4 Å². The zero-order valence-electron chi connectivity index (χ0n) is 17.2. The van der Waals surface area contributed by atoms with Gasteiger partial charge in [0.05, 0.1) is 5.39 Å². The first-order chi connectivity index (χ1) is 14.9. The molecule has 0 saturated heterocycles. The maximum atomic E-state index is 13.2. The van der Waals surface area contributed by atoms with Crippen molar-refractivity contribution in [2.75, 3.05) is 19.0 Å². The van der Waals surface area contributed by atoms with E-state index in [4.69, 9.17) is 9.15 Å². The Hall–Kier alpha value is -4.14. The number of aryl methyl sites for hydroxylation is 1. The molecule has 0 aliphatic rings. The van der Waals surface area contributed by atoms with Crippen molar-refractivity contribution in [2.45, 2.75) is 6.61 Å². The van der Waals surface area contributed by atoms with Crippen molar-refractivity contribution in [1.82, 2.24) is 9.55 Å². The number of ether oxygens (including phenoxy) is 1. The van der Waals surface area contributed by atoms with E-state index in [2.05, 4.69) is 4.98 Å². The highest BCUT2D eigenvalue weighted by Crippen LogP contribution is 2.32. The lowest BCUT2D eigenvalue weighted by Gasteiger charge is -2.14. The highest BCUT2D eigenvalue weighted by atomic mass is 16.6. The molecule has 0 fully saturated rings. The van der Waals surface area contributed by atoms with Gasteiger partial charge in [-0.2, -0.15) is 0 Å². The molecule has 0 amide bonds. The van der Waals surface area contributed by atoms with Crippen LogP contribution in [0.1, 0.15) is 5.69 Å². The second-order valence-electron chi connectivity index (χ2n) is 7.20. The van der Waals surface area contributed by atoms with Crippen LogP contribution in [0.4, 0.5) is 11.5 Å². The fraction of sp³-hybridized carbons (Fsp3) is 0.182. The Kier molecular flexibility index (Phi) is 5.16. The molecule has 0 atom stereocenters. The summed E-state index contributed by atoms with van der Waals surface area (Å²) in [4.78, 5) is 29.6. The highest BCUT2D eigenvalue weighted by Gasteiger charge is 2.23. The summed E-state index contributed by atoms with van der Waals surface area (Å²) < 4.78 is 13.4. The Bertz CT molecular complexity index is 1320. The number of anilines is 1. The Labute approximate surface area is 177 Å². The maximum Gasteiger partial charge on any atom is 0.388 e. The highest BCUT2D eigenvalue weighted by molar-refractivity contribution is 5.82. The van der Waals surface area contributed by atoms with E-state index >= 15 is 0 Å². The van der Waals surface area contributed by atoms with Gasteiger partial charge in [-0.15, -0.1) is 0 Å². The normalized spacial score (nSPS) is 10.9. The number of benzene rings is 2. The molecule has 2 aromatic heterocycles. The number of nitrogens with zero attached hydrogens (tertiary/aromatic N) is 4. The number of imidazole rings is 1. The first-order valence-corrected chi connectivity index (χ1v) is 9.48. The molecule has 0 radical (unpaired) electrons. The first-order valence-electron chi connectivity index (χ1n) is 9.48. The Balaban J connectivity index is 1.82. The van der Waals surface area contributed by atoms with Crippen molar-refractivity contribution < 1.29 is 14.1 Å². The van der Waals surface area contributed by atoms with Crippen molar-refractivity contribution >= 4 is 22.5 Å². The third-order valence-corrected chi connectivity index (χ3v) is 4.97. The summed E-state index contributed by atoms with van der Waals surface area (Å²) in [5.74, 6) is -0.0600. The fourth-order valence-electron chi connectivity index (χ4n) is 3.26. The van der Waals surface area contributed by atoms with E-state index in [-0.39, 0.29) is 35.1 Å². The molecule has 158 valence electrons. The van der Waals surface area contributed by atoms with E-state index in [1.165, 1.54) is 10.9 Å². The topological polar surface area (TPSA) is 104 Å². The second kappa shape index (κ2) is 7.94. The van der Waals surface area contributed by atoms with Gasteiger partial charge < -0.3 is 28.7 Å². The fourth-order valence-corrected chi connectivity index (χ4v) is 3.26. The molecule has 0 spiro atoms. The van der Waals surface area contributed by atoms with Gasteiger partial charge in [0.1, 0.15) is 12.2 Å². The van der Waals surface area contributed by atoms with Crippen LogP contribution in [0.2, 0.25) is 0 Å². The van der Waals surface area contributed by atoms with Gasteiger partial charge in [-0.25, -0.2) is 0 Å². The van der Waals surface area contributed by atoms with Gasteiger partial charge in [-0.05, 0) is 46.3 Å². The molecule has 31 heavy (non-hydrogen) atoms. The molecular weight excluding hydrogens is 400 g/mol. The average molecular weight is 420 g/mol. The zero-order chi connectivity index (χ0) is 22.1. The van der Waals surface area contributed by atoms with Crippen LogP contribution in [0.25, 0.3) is 22.3 Å². The van der Waals surface area contributed by atoms with Gasteiger partial charge in [-0.1, -0.05) is 12.1 Å². The molecular formula is C22H20N4O5. The predicted molar refractivity (Wildman–Crippen MR) is 116 cm³/mol. The number of fused-ring (bicyclic) bond motifs is 1. The average Bonchev–Trinajstić information content (AvgIpc) is 3.13. The second-order valence-corrected chi connectivity index (χ2v) is 7.20. The Morgan fingerprint density at radius 1 is 1.16 bits per heavy atom. The van der Waals surface area contributed by atoms with Crippen LogP contribution in [0, 0.1) is 10.1 Å². The SMILES string of the molecule is CN(C)c1ccc(-c2oc3ccccc3c(=O)c2OCc2c([N+](=O)[O-])ncn2C)cc1. The summed E-state index contributed by atoms with van der Waals surface area (Å²) in [5.41, 5.74) is 1.96. The monoisotopic (exact) mass is 420 g/mol. The van der Waals surface area contributed by atoms with Crippen LogP contribution in [-0.2, 0) is 13.7 Å². The number of nitro groups is 1. The summed E-state index contributed by atoms with van der Waals surface area (Å²) in [6.07, 6.45) is 1.33. The molecule has 0 aliphatic carbocycles. The number of rotatable bonds is 6. The number of hydrogen-bond donors (Lipinski definition) is 0. The lowest BCUT2D eigenvalue weighted by atomic mass is 10.1. The zero-order valence-corrected chi connectivity index (χ0v) is 17.2. The molecule has 4 aromatic rings. The Morgan fingerprint density at radius 2 is 1.87 bits per heavy atom. The van der Waals surface area contributed by atoms with Crippen LogP contribution in [0.15, 0.2) is 64.1 Å². The molecule has 0 unspecified atom stereocenters. The van der Waals surface area contributed by atoms with E-state index in [9.17, 15) is 14.9 Å². The van der Waals surface area contributed by atoms with Gasteiger partial charge in [-0.3, -0.25) is 4.79 Å². The van der Waals surface area contributed by atoms with E-state index < -0.39 is 4.92 Å². The molecule has 9 nitrogen and oxygen atoms in total. The van der Waals surface area contributed by atoms with Gasteiger partial charge >= 0.3 is 5.82 Å². The summed E-state index contributed by atoms with van der Waals surface area (Å²) in [5, 5.41) is 11.6. The number of aromatic nitrogens is 2. The van der Waals surface area contributed by atoms with Gasteiger partial charge in [0.2, 0.25) is 17.5 Å². The molecule has 0 saturated carbocycles. The minimum atomic E-state index is -0.581. The largest absolute Gasteiger partial charge is 0.479 e. The van der Waals surface area contributed by atoms with Crippen molar-refractivity contribution in [3.63, 3.8) is 0 Å². The minimum absolute atomic E-state index is 0.00759. The molecule has 2 aromatic carbocycles. The standard InChI is InChI=1S/C22H20N4O5/c1-24(2)15-10-8-14(9-11-15)20-21(19(27)16-6-4-5-7-18(16)31-20)30-12-17-22(26(28)29)23-13-25(17)3/h4-11,13H,12H2,1-3H3. The van der Waals surface area contributed by atoms with Crippen LogP contribution < -0.4 is 15.1 Å². The molecule has 2 heterocycles. The summed E-state index contributed by atoms with van der Waals surface area (Å²) in [7, 11) is 5.49. The van der Waals surface area contributed by atoms with Crippen molar-refractivity contribution in [3.05, 3.63) is 80.9 Å². The minimum Gasteiger partial charge on any atom is -0.479 e. The molecule has 9 heteroatoms. The smallest absolute Gasteiger partial charge is 0.388 e. The first kappa shape index (κ1) is 20.1. The molecule has 0 aliphatic heterocycles. The Morgan fingerprint density at radius 3 is 2.55 bits per heavy atom. The summed E-state index contributed by atoms with van der Waals surface area (Å²) in [6.45, 7) is -0.210. The van der Waals surface area contributed by atoms with Gasteiger partial charge in [0.15, 0.2) is 11.5 Å². The van der Waals surface area contributed by atoms with Crippen LogP contribution in [-0.4, -0.2) is 28.6 Å². The lowest BCUT2D eigenvalue weighted by Crippen LogP contribution is -2.12. The molecule has 0 bridgehead atoms. The number of hydrogen-bond acceptors (Lipinski definition) is 7. The maximum absolute atomic E-state index is 13.2. The van der Waals surface area contributed by atoms with E-state index in [0.29, 0.717) is 16.5 Å². The predicted octanol–water partition coefficient (Wildman–Crippen LogP) is 3.75. The molecule has 0 N–H and O–H groups in total. The molecule has 4 rings (SSSR count). The van der Waals surface area contributed by atoms with E-state index in [1.54, 1.807) is 31.3 Å². The quantitative estimate of drug-likeness (QED) is 0.346. The van der Waals surface area contributed by atoms with Crippen LogP contribution >= 0.6 is 0 Å². The van der Waals surface area contributed by atoms with Gasteiger partial charge in [0.25, 0.3) is 0 Å². The van der Waals surface area contributed by atoms with Crippen LogP contribution in [0.3, 0.4) is 0 Å². The summed E-state index contributed by atoms with van der Waals surface area (Å²) >= 11 is 0. The van der Waals surface area contributed by atoms with Crippen molar-refractivity contribution in [1.29, 1.82) is 0 Å². The van der Waals surface area contributed by atoms with E-state index in [0.717, 1.165) is 5.69 Å². The third-order valence-electron chi connectivity index (χ3n) is 4.97. The van der Waals surface area contributed by atoms with E-state index in [1.807, 2.05) is 43.3 Å². The summed E-state index contributed by atoms with van der Waals surface area (Å²) in [6, 6.07) is 14.4.